The molecule has 164 valence electrons. The Labute approximate surface area is 182 Å². The summed E-state index contributed by atoms with van der Waals surface area (Å²) < 4.78 is 0. The number of nitrogens with zero attached hydrogens (tertiary/aromatic N) is 3. The zero-order valence-corrected chi connectivity index (χ0v) is 18.8. The number of fused-ring (bicyclic) bond motifs is 1. The highest BCUT2D eigenvalue weighted by atomic mass is 16.2. The van der Waals surface area contributed by atoms with Gasteiger partial charge in [0.2, 0.25) is 5.91 Å². The van der Waals surface area contributed by atoms with E-state index in [1.54, 1.807) is 0 Å². The summed E-state index contributed by atoms with van der Waals surface area (Å²) in [4.78, 5) is 20.8. The third-order valence-electron chi connectivity index (χ3n) is 7.36. The zero-order chi connectivity index (χ0) is 20.8. The predicted octanol–water partition coefficient (Wildman–Crippen LogP) is 3.61. The zero-order valence-electron chi connectivity index (χ0n) is 18.8. The van der Waals surface area contributed by atoms with E-state index in [1.165, 1.54) is 37.1 Å². The number of piperazine rings is 1. The number of hydrogen-bond acceptors (Lipinski definition) is 3. The van der Waals surface area contributed by atoms with Crippen LogP contribution in [0.3, 0.4) is 0 Å². The van der Waals surface area contributed by atoms with Gasteiger partial charge in [-0.05, 0) is 75.6 Å². The fourth-order valence-corrected chi connectivity index (χ4v) is 5.35. The lowest BCUT2D eigenvalue weighted by atomic mass is 9.83. The second kappa shape index (κ2) is 10.6. The van der Waals surface area contributed by atoms with Crippen molar-refractivity contribution in [3.8, 4) is 0 Å². The van der Waals surface area contributed by atoms with Gasteiger partial charge in [-0.1, -0.05) is 36.4 Å². The average Bonchev–Trinajstić information content (AvgIpc) is 2.79. The Morgan fingerprint density at radius 3 is 2.63 bits per heavy atom. The van der Waals surface area contributed by atoms with Gasteiger partial charge < -0.3 is 14.7 Å². The van der Waals surface area contributed by atoms with Gasteiger partial charge in [-0.2, -0.15) is 0 Å². The molecule has 1 amide bonds. The van der Waals surface area contributed by atoms with E-state index < -0.39 is 0 Å². The van der Waals surface area contributed by atoms with Crippen molar-refractivity contribution in [1.29, 1.82) is 0 Å². The van der Waals surface area contributed by atoms with E-state index in [2.05, 4.69) is 58.2 Å². The van der Waals surface area contributed by atoms with Crippen molar-refractivity contribution in [3.63, 3.8) is 0 Å². The van der Waals surface area contributed by atoms with Crippen molar-refractivity contribution in [2.24, 2.45) is 11.8 Å². The minimum Gasteiger partial charge on any atom is -0.342 e. The molecule has 2 aliphatic carbocycles. The molecule has 0 N–H and O–H groups in total. The Hall–Kier alpha value is -1.65. The summed E-state index contributed by atoms with van der Waals surface area (Å²) >= 11 is 0. The normalized spacial score (nSPS) is 25.1. The molecule has 1 aliphatic heterocycles. The fourth-order valence-electron chi connectivity index (χ4n) is 5.35. The van der Waals surface area contributed by atoms with Crippen LogP contribution < -0.4 is 0 Å². The Bertz CT molecular complexity index is 723. The summed E-state index contributed by atoms with van der Waals surface area (Å²) in [6, 6.07) is 8.70. The van der Waals surface area contributed by atoms with Gasteiger partial charge in [0.1, 0.15) is 0 Å². The van der Waals surface area contributed by atoms with Gasteiger partial charge in [0.15, 0.2) is 0 Å². The molecular formula is C26H39N3O. The Kier molecular flexibility index (Phi) is 7.62. The molecule has 0 bridgehead atoms. The van der Waals surface area contributed by atoms with Crippen LogP contribution in [0, 0.1) is 11.8 Å². The summed E-state index contributed by atoms with van der Waals surface area (Å²) in [5.74, 6) is 1.22. The van der Waals surface area contributed by atoms with E-state index in [-0.39, 0.29) is 5.92 Å². The number of carbonyl (C=O) groups is 1. The third-order valence-corrected chi connectivity index (χ3v) is 7.36. The van der Waals surface area contributed by atoms with Gasteiger partial charge >= 0.3 is 0 Å². The first kappa shape index (κ1) is 21.6. The molecule has 0 unspecified atom stereocenters. The molecule has 0 saturated carbocycles. The van der Waals surface area contributed by atoms with Crippen molar-refractivity contribution in [1.82, 2.24) is 14.7 Å². The maximum Gasteiger partial charge on any atom is 0.226 e. The van der Waals surface area contributed by atoms with E-state index in [4.69, 9.17) is 0 Å². The lowest BCUT2D eigenvalue weighted by molar-refractivity contribution is -0.136. The lowest BCUT2D eigenvalue weighted by Crippen LogP contribution is -2.46. The van der Waals surface area contributed by atoms with Crippen LogP contribution in [0.25, 0.3) is 0 Å². The Morgan fingerprint density at radius 2 is 1.87 bits per heavy atom. The standard InChI is InChI=1S/C26H39N3O/c1-27-16-18-28(19-17-27)14-7-15-29(21-22-8-3-2-4-9-22)26(30)25-13-12-23-10-5-6-11-24(23)20-25/h2-3,5-6,10-11,22,25H,4,7-9,12-21H2,1H3/t22-,25-/m1/s1. The van der Waals surface area contributed by atoms with Crippen molar-refractivity contribution >= 4 is 5.91 Å². The van der Waals surface area contributed by atoms with Gasteiger partial charge in [-0.25, -0.2) is 0 Å². The van der Waals surface area contributed by atoms with E-state index in [0.29, 0.717) is 11.8 Å². The van der Waals surface area contributed by atoms with Gasteiger partial charge in [0.25, 0.3) is 0 Å². The molecule has 0 spiro atoms. The molecule has 0 aromatic heterocycles. The van der Waals surface area contributed by atoms with Crippen LogP contribution in [0.4, 0.5) is 0 Å². The second-order valence-electron chi connectivity index (χ2n) is 9.64. The van der Waals surface area contributed by atoms with Crippen LogP contribution >= 0.6 is 0 Å². The molecule has 30 heavy (non-hydrogen) atoms. The molecule has 4 nitrogen and oxygen atoms in total. The summed E-state index contributed by atoms with van der Waals surface area (Å²) in [5.41, 5.74) is 2.83. The monoisotopic (exact) mass is 409 g/mol. The number of aryl methyl sites for hydroxylation is 1. The van der Waals surface area contributed by atoms with Crippen LogP contribution in [0.5, 0.6) is 0 Å². The molecule has 1 heterocycles. The minimum absolute atomic E-state index is 0.169. The molecule has 4 heteroatoms. The van der Waals surface area contributed by atoms with Crippen LogP contribution in [0.1, 0.15) is 43.2 Å². The SMILES string of the molecule is CN1CCN(CCCN(C[C@@H]2CC=CCC2)C(=O)[C@@H]2CCc3ccccc3C2)CC1. The van der Waals surface area contributed by atoms with Crippen LogP contribution in [0.2, 0.25) is 0 Å². The van der Waals surface area contributed by atoms with E-state index >= 15 is 0 Å². The minimum atomic E-state index is 0.169. The van der Waals surface area contributed by atoms with Gasteiger partial charge in [0.05, 0.1) is 0 Å². The van der Waals surface area contributed by atoms with Crippen LogP contribution in [-0.4, -0.2) is 73.5 Å². The molecular weight excluding hydrogens is 370 g/mol. The van der Waals surface area contributed by atoms with E-state index in [1.807, 2.05) is 0 Å². The molecule has 2 atom stereocenters. The third kappa shape index (κ3) is 5.73. The molecule has 1 fully saturated rings. The number of benzene rings is 1. The molecule has 0 radical (unpaired) electrons. The van der Waals surface area contributed by atoms with Crippen LogP contribution in [0.15, 0.2) is 36.4 Å². The summed E-state index contributed by atoms with van der Waals surface area (Å²) in [7, 11) is 2.21. The first-order valence-electron chi connectivity index (χ1n) is 12.1. The number of allylic oxidation sites excluding steroid dienone is 2. The first-order chi connectivity index (χ1) is 14.7. The van der Waals surface area contributed by atoms with Crippen LogP contribution in [-0.2, 0) is 17.6 Å². The maximum atomic E-state index is 13.6. The van der Waals surface area contributed by atoms with Gasteiger partial charge in [-0.3, -0.25) is 4.79 Å². The highest BCUT2D eigenvalue weighted by Gasteiger charge is 2.29. The predicted molar refractivity (Wildman–Crippen MR) is 124 cm³/mol. The Morgan fingerprint density at radius 1 is 1.07 bits per heavy atom. The second-order valence-corrected chi connectivity index (χ2v) is 9.64. The molecule has 3 aliphatic rings. The number of likely N-dealkylation sites (N-methyl/N-ethyl adjacent to an activating group) is 1. The molecule has 1 saturated heterocycles. The molecule has 1 aromatic carbocycles. The topological polar surface area (TPSA) is 26.8 Å². The summed E-state index contributed by atoms with van der Waals surface area (Å²) in [5, 5.41) is 0. The van der Waals surface area contributed by atoms with E-state index in [9.17, 15) is 4.79 Å². The van der Waals surface area contributed by atoms with Crippen molar-refractivity contribution in [3.05, 3.63) is 47.5 Å². The molecule has 1 aromatic rings. The van der Waals surface area contributed by atoms with E-state index in [0.717, 1.165) is 64.8 Å². The quantitative estimate of drug-likeness (QED) is 0.644. The maximum absolute atomic E-state index is 13.6. The fraction of sp³-hybridized carbons (Fsp3) is 0.654. The molecule has 4 rings (SSSR count). The number of carbonyl (C=O) groups excluding carboxylic acids is 1. The van der Waals surface area contributed by atoms with Crippen molar-refractivity contribution in [2.75, 3.05) is 52.9 Å². The highest BCUT2D eigenvalue weighted by Crippen LogP contribution is 2.28. The Balaban J connectivity index is 1.35. The highest BCUT2D eigenvalue weighted by molar-refractivity contribution is 5.79. The van der Waals surface area contributed by atoms with Crippen molar-refractivity contribution < 1.29 is 4.79 Å². The van der Waals surface area contributed by atoms with Crippen molar-refractivity contribution in [2.45, 2.75) is 44.9 Å². The summed E-state index contributed by atoms with van der Waals surface area (Å²) in [6.07, 6.45) is 12.2. The van der Waals surface area contributed by atoms with Gasteiger partial charge in [0, 0.05) is 45.2 Å². The average molecular weight is 410 g/mol. The first-order valence-corrected chi connectivity index (χ1v) is 12.1. The number of hydrogen-bond donors (Lipinski definition) is 0. The number of amides is 1. The number of rotatable bonds is 7. The summed E-state index contributed by atoms with van der Waals surface area (Å²) in [6.45, 7) is 7.65. The smallest absolute Gasteiger partial charge is 0.226 e. The lowest BCUT2D eigenvalue weighted by Gasteiger charge is -2.35. The van der Waals surface area contributed by atoms with Gasteiger partial charge in [-0.15, -0.1) is 0 Å². The largest absolute Gasteiger partial charge is 0.342 e.